The van der Waals surface area contributed by atoms with Crippen LogP contribution in [-0.2, 0) is 22.3 Å². The highest BCUT2D eigenvalue weighted by atomic mass is 16.5. The van der Waals surface area contributed by atoms with Crippen LogP contribution in [0.5, 0.6) is 0 Å². The first-order valence-corrected chi connectivity index (χ1v) is 6.36. The molecule has 5 heteroatoms. The molecule has 0 saturated carbocycles. The number of aromatic nitrogens is 1. The third-order valence-corrected chi connectivity index (χ3v) is 3.33. The number of carbonyl (C=O) groups is 2. The summed E-state index contributed by atoms with van der Waals surface area (Å²) in [4.78, 5) is 27.8. The molecule has 1 aliphatic rings. The Labute approximate surface area is 111 Å². The van der Waals surface area contributed by atoms with E-state index in [1.807, 2.05) is 0 Å². The molecule has 0 amide bonds. The Morgan fingerprint density at radius 2 is 1.74 bits per heavy atom. The fourth-order valence-electron chi connectivity index (χ4n) is 2.33. The van der Waals surface area contributed by atoms with Gasteiger partial charge in [-0.2, -0.15) is 0 Å². The summed E-state index contributed by atoms with van der Waals surface area (Å²) in [5.41, 5.74) is 2.17. The zero-order chi connectivity index (χ0) is 13.8. The molecule has 5 nitrogen and oxygen atoms in total. The lowest BCUT2D eigenvalue weighted by Crippen LogP contribution is -2.16. The van der Waals surface area contributed by atoms with Crippen molar-refractivity contribution in [1.29, 1.82) is 0 Å². The Morgan fingerprint density at radius 3 is 2.42 bits per heavy atom. The molecule has 0 unspecified atom stereocenters. The third kappa shape index (κ3) is 2.75. The van der Waals surface area contributed by atoms with E-state index >= 15 is 0 Å². The van der Waals surface area contributed by atoms with Crippen LogP contribution in [0.1, 0.15) is 51.4 Å². The van der Waals surface area contributed by atoms with Crippen molar-refractivity contribution in [2.45, 2.75) is 32.1 Å². The Balaban J connectivity index is 2.53. The Morgan fingerprint density at radius 1 is 1.05 bits per heavy atom. The first-order valence-electron chi connectivity index (χ1n) is 6.36. The average molecular weight is 263 g/mol. The minimum absolute atomic E-state index is 0.0509. The molecule has 0 aliphatic heterocycles. The molecule has 0 radical (unpaired) electrons. The van der Waals surface area contributed by atoms with Crippen molar-refractivity contribution < 1.29 is 19.1 Å². The van der Waals surface area contributed by atoms with Crippen LogP contribution in [-0.4, -0.2) is 31.1 Å². The van der Waals surface area contributed by atoms with Crippen LogP contribution in [0, 0.1) is 0 Å². The molecular weight excluding hydrogens is 246 g/mol. The van der Waals surface area contributed by atoms with E-state index in [0.29, 0.717) is 0 Å². The Hall–Kier alpha value is -1.91. The van der Waals surface area contributed by atoms with Gasteiger partial charge in [0.25, 0.3) is 0 Å². The molecule has 0 fully saturated rings. The zero-order valence-electron chi connectivity index (χ0n) is 11.2. The molecule has 1 aromatic heterocycles. The fraction of sp³-hybridized carbons (Fsp3) is 0.500. The number of esters is 2. The number of carbonyl (C=O) groups excluding carboxylic acids is 2. The topological polar surface area (TPSA) is 65.5 Å². The lowest BCUT2D eigenvalue weighted by Gasteiger charge is -2.11. The van der Waals surface area contributed by atoms with Gasteiger partial charge in [-0.05, 0) is 37.3 Å². The summed E-state index contributed by atoms with van der Waals surface area (Å²) in [7, 11) is 2.56. The van der Waals surface area contributed by atoms with Crippen molar-refractivity contribution in [2.75, 3.05) is 14.2 Å². The van der Waals surface area contributed by atoms with Crippen molar-refractivity contribution in [2.24, 2.45) is 0 Å². The van der Waals surface area contributed by atoms with E-state index in [9.17, 15) is 9.59 Å². The number of rotatable bonds is 2. The van der Waals surface area contributed by atoms with E-state index in [0.717, 1.165) is 43.4 Å². The number of ether oxygens (including phenoxy) is 2. The molecule has 0 N–H and O–H groups in total. The number of pyridine rings is 1. The van der Waals surface area contributed by atoms with Gasteiger partial charge in [-0.3, -0.25) is 0 Å². The summed E-state index contributed by atoms with van der Waals surface area (Å²) in [6.07, 6.45) is 4.98. The Kier molecular flexibility index (Phi) is 4.14. The zero-order valence-corrected chi connectivity index (χ0v) is 11.2. The summed E-state index contributed by atoms with van der Waals surface area (Å²) in [6, 6.07) is 1.73. The maximum absolute atomic E-state index is 11.8. The van der Waals surface area contributed by atoms with Crippen molar-refractivity contribution in [3.05, 3.63) is 28.6 Å². The SMILES string of the molecule is COC(=O)c1cc2c(nc1C(=O)OC)CCCCC2. The van der Waals surface area contributed by atoms with E-state index in [2.05, 4.69) is 9.72 Å². The van der Waals surface area contributed by atoms with Gasteiger partial charge in [0.2, 0.25) is 0 Å². The molecule has 0 saturated heterocycles. The monoisotopic (exact) mass is 263 g/mol. The van der Waals surface area contributed by atoms with Gasteiger partial charge in [0.1, 0.15) is 0 Å². The van der Waals surface area contributed by atoms with E-state index in [1.165, 1.54) is 14.2 Å². The second kappa shape index (κ2) is 5.82. The minimum Gasteiger partial charge on any atom is -0.465 e. The normalized spacial score (nSPS) is 14.2. The van der Waals surface area contributed by atoms with Gasteiger partial charge in [0.05, 0.1) is 19.8 Å². The van der Waals surface area contributed by atoms with Crippen LogP contribution in [0.4, 0.5) is 0 Å². The van der Waals surface area contributed by atoms with Crippen LogP contribution in [0.3, 0.4) is 0 Å². The largest absolute Gasteiger partial charge is 0.465 e. The van der Waals surface area contributed by atoms with Gasteiger partial charge >= 0.3 is 11.9 Å². The lowest BCUT2D eigenvalue weighted by atomic mass is 10.0. The fourth-order valence-corrected chi connectivity index (χ4v) is 2.33. The summed E-state index contributed by atoms with van der Waals surface area (Å²) in [5.74, 6) is -1.16. The van der Waals surface area contributed by atoms with Gasteiger partial charge in [-0.25, -0.2) is 14.6 Å². The minimum atomic E-state index is -0.604. The summed E-state index contributed by atoms with van der Waals surface area (Å²) < 4.78 is 9.39. The van der Waals surface area contributed by atoms with Crippen LogP contribution in [0.25, 0.3) is 0 Å². The predicted octanol–water partition coefficient (Wildman–Crippen LogP) is 1.92. The molecule has 0 bridgehead atoms. The highest BCUT2D eigenvalue weighted by molar-refractivity contribution is 6.01. The van der Waals surface area contributed by atoms with Crippen LogP contribution in [0.2, 0.25) is 0 Å². The van der Waals surface area contributed by atoms with Crippen molar-refractivity contribution >= 4 is 11.9 Å². The second-order valence-corrected chi connectivity index (χ2v) is 4.53. The summed E-state index contributed by atoms with van der Waals surface area (Å²) in [5, 5.41) is 0. The van der Waals surface area contributed by atoms with E-state index in [1.54, 1.807) is 6.07 Å². The highest BCUT2D eigenvalue weighted by Crippen LogP contribution is 2.22. The van der Waals surface area contributed by atoms with Gasteiger partial charge in [0.15, 0.2) is 5.69 Å². The lowest BCUT2D eigenvalue weighted by molar-refractivity contribution is 0.0549. The Bertz CT molecular complexity index is 465. The van der Waals surface area contributed by atoms with Crippen LogP contribution >= 0.6 is 0 Å². The summed E-state index contributed by atoms with van der Waals surface area (Å²) in [6.45, 7) is 0. The molecular formula is C14H17NO4. The first kappa shape index (κ1) is 13.5. The van der Waals surface area contributed by atoms with Crippen LogP contribution < -0.4 is 0 Å². The molecule has 102 valence electrons. The molecule has 1 heterocycles. The number of aryl methyl sites for hydroxylation is 2. The number of fused-ring (bicyclic) bond motifs is 1. The standard InChI is InChI=1S/C14H17NO4/c1-18-13(16)10-8-9-6-4-3-5-7-11(9)15-12(10)14(17)19-2/h8H,3-7H2,1-2H3. The molecule has 1 aliphatic carbocycles. The molecule has 0 atom stereocenters. The molecule has 2 rings (SSSR count). The highest BCUT2D eigenvalue weighted by Gasteiger charge is 2.23. The van der Waals surface area contributed by atoms with Crippen molar-refractivity contribution in [3.63, 3.8) is 0 Å². The summed E-state index contributed by atoms with van der Waals surface area (Å²) >= 11 is 0. The maximum Gasteiger partial charge on any atom is 0.357 e. The molecule has 1 aromatic rings. The van der Waals surface area contributed by atoms with E-state index < -0.39 is 11.9 Å². The van der Waals surface area contributed by atoms with Gasteiger partial charge in [-0.1, -0.05) is 6.42 Å². The number of nitrogens with zero attached hydrogens (tertiary/aromatic N) is 1. The smallest absolute Gasteiger partial charge is 0.357 e. The quantitative estimate of drug-likeness (QED) is 0.602. The second-order valence-electron chi connectivity index (χ2n) is 4.53. The molecule has 19 heavy (non-hydrogen) atoms. The number of hydrogen-bond acceptors (Lipinski definition) is 5. The van der Waals surface area contributed by atoms with Gasteiger partial charge in [0, 0.05) is 5.69 Å². The first-order chi connectivity index (χ1) is 9.17. The predicted molar refractivity (Wildman–Crippen MR) is 68.2 cm³/mol. The number of methoxy groups -OCH3 is 2. The molecule has 0 spiro atoms. The van der Waals surface area contributed by atoms with E-state index in [4.69, 9.17) is 4.74 Å². The molecule has 0 aromatic carbocycles. The van der Waals surface area contributed by atoms with Gasteiger partial charge in [-0.15, -0.1) is 0 Å². The van der Waals surface area contributed by atoms with Crippen LogP contribution in [0.15, 0.2) is 6.07 Å². The van der Waals surface area contributed by atoms with Crippen molar-refractivity contribution in [1.82, 2.24) is 4.98 Å². The average Bonchev–Trinajstić information content (AvgIpc) is 2.68. The van der Waals surface area contributed by atoms with Crippen molar-refractivity contribution in [3.8, 4) is 0 Å². The van der Waals surface area contributed by atoms with E-state index in [-0.39, 0.29) is 11.3 Å². The maximum atomic E-state index is 11.8. The third-order valence-electron chi connectivity index (χ3n) is 3.33. The number of hydrogen-bond donors (Lipinski definition) is 0. The van der Waals surface area contributed by atoms with Gasteiger partial charge < -0.3 is 9.47 Å².